The molecular formula is C21H22N2O4. The van der Waals surface area contributed by atoms with Crippen LogP contribution >= 0.6 is 0 Å². The number of anilines is 1. The van der Waals surface area contributed by atoms with Gasteiger partial charge in [-0.15, -0.1) is 0 Å². The van der Waals surface area contributed by atoms with Crippen molar-refractivity contribution in [3.05, 3.63) is 52.6 Å². The summed E-state index contributed by atoms with van der Waals surface area (Å²) in [5, 5.41) is 12.2. The molecule has 140 valence electrons. The third kappa shape index (κ3) is 4.59. The van der Waals surface area contributed by atoms with Crippen molar-refractivity contribution in [2.24, 2.45) is 0 Å². The highest BCUT2D eigenvalue weighted by atomic mass is 16.5. The Balaban J connectivity index is 2.35. The molecule has 0 unspecified atom stereocenters. The number of rotatable bonds is 6. The van der Waals surface area contributed by atoms with Crippen molar-refractivity contribution in [1.29, 1.82) is 5.26 Å². The van der Waals surface area contributed by atoms with E-state index in [0.717, 1.165) is 11.1 Å². The van der Waals surface area contributed by atoms with Crippen LogP contribution in [-0.4, -0.2) is 27.2 Å². The lowest BCUT2D eigenvalue weighted by Crippen LogP contribution is -2.13. The van der Waals surface area contributed by atoms with Crippen molar-refractivity contribution in [2.75, 3.05) is 26.6 Å². The average Bonchev–Trinajstić information content (AvgIpc) is 2.67. The van der Waals surface area contributed by atoms with Crippen molar-refractivity contribution >= 4 is 17.7 Å². The monoisotopic (exact) mass is 366 g/mol. The first-order valence-electron chi connectivity index (χ1n) is 8.23. The molecule has 0 radical (unpaired) electrons. The first-order valence-corrected chi connectivity index (χ1v) is 8.23. The fourth-order valence-electron chi connectivity index (χ4n) is 2.52. The Bertz CT molecular complexity index is 901. The summed E-state index contributed by atoms with van der Waals surface area (Å²) in [5.74, 6) is 0.828. The molecule has 2 aromatic rings. The van der Waals surface area contributed by atoms with Gasteiger partial charge in [-0.05, 0) is 60.9 Å². The molecule has 1 N–H and O–H groups in total. The molecule has 0 fully saturated rings. The van der Waals surface area contributed by atoms with Gasteiger partial charge in [-0.3, -0.25) is 4.79 Å². The Hall–Kier alpha value is -3.46. The smallest absolute Gasteiger partial charge is 0.266 e. The highest BCUT2D eigenvalue weighted by molar-refractivity contribution is 6.09. The van der Waals surface area contributed by atoms with Crippen LogP contribution in [0.4, 0.5) is 5.69 Å². The van der Waals surface area contributed by atoms with Crippen LogP contribution in [0.25, 0.3) is 6.08 Å². The minimum absolute atomic E-state index is 0.0394. The molecule has 27 heavy (non-hydrogen) atoms. The van der Waals surface area contributed by atoms with E-state index in [4.69, 9.17) is 14.2 Å². The maximum Gasteiger partial charge on any atom is 0.266 e. The zero-order valence-electron chi connectivity index (χ0n) is 16.0. The highest BCUT2D eigenvalue weighted by Crippen LogP contribution is 2.38. The molecule has 1 amide bonds. The van der Waals surface area contributed by atoms with Crippen LogP contribution in [0.15, 0.2) is 35.9 Å². The number of nitrogens with one attached hydrogen (secondary N) is 1. The van der Waals surface area contributed by atoms with E-state index in [-0.39, 0.29) is 5.57 Å². The number of aryl methyl sites for hydroxylation is 2. The molecule has 0 aliphatic carbocycles. The van der Waals surface area contributed by atoms with Crippen molar-refractivity contribution in [2.45, 2.75) is 13.8 Å². The Kier molecular flexibility index (Phi) is 6.45. The summed E-state index contributed by atoms with van der Waals surface area (Å²) < 4.78 is 15.9. The summed E-state index contributed by atoms with van der Waals surface area (Å²) in [6, 6.07) is 10.9. The summed E-state index contributed by atoms with van der Waals surface area (Å²) in [4.78, 5) is 12.5. The summed E-state index contributed by atoms with van der Waals surface area (Å²) in [7, 11) is 4.51. The quantitative estimate of drug-likeness (QED) is 0.620. The Morgan fingerprint density at radius 1 is 1.00 bits per heavy atom. The molecule has 0 spiro atoms. The average molecular weight is 366 g/mol. The lowest BCUT2D eigenvalue weighted by molar-refractivity contribution is -0.112. The molecule has 0 heterocycles. The van der Waals surface area contributed by atoms with Gasteiger partial charge < -0.3 is 19.5 Å². The van der Waals surface area contributed by atoms with Gasteiger partial charge in [0.25, 0.3) is 5.91 Å². The first-order chi connectivity index (χ1) is 12.9. The van der Waals surface area contributed by atoms with Crippen LogP contribution < -0.4 is 19.5 Å². The molecule has 0 bridgehead atoms. The second-order valence-corrected chi connectivity index (χ2v) is 5.88. The maximum absolute atomic E-state index is 12.5. The summed E-state index contributed by atoms with van der Waals surface area (Å²) in [6.45, 7) is 3.95. The van der Waals surface area contributed by atoms with Gasteiger partial charge in [0.05, 0.1) is 21.3 Å². The number of carbonyl (C=O) groups is 1. The SMILES string of the molecule is COc1cc(/C=C(\C#N)C(=O)Nc2ccc(C)c(C)c2)cc(OC)c1OC. The maximum atomic E-state index is 12.5. The number of benzene rings is 2. The molecule has 0 atom stereocenters. The Morgan fingerprint density at radius 3 is 2.11 bits per heavy atom. The van der Waals surface area contributed by atoms with Gasteiger partial charge in [-0.25, -0.2) is 0 Å². The van der Waals surface area contributed by atoms with Gasteiger partial charge in [0.1, 0.15) is 11.6 Å². The van der Waals surface area contributed by atoms with Gasteiger partial charge in [0.15, 0.2) is 11.5 Å². The van der Waals surface area contributed by atoms with Crippen LogP contribution in [0.5, 0.6) is 17.2 Å². The second-order valence-electron chi connectivity index (χ2n) is 5.88. The van der Waals surface area contributed by atoms with E-state index in [9.17, 15) is 10.1 Å². The Morgan fingerprint density at radius 2 is 1.63 bits per heavy atom. The van der Waals surface area contributed by atoms with Crippen LogP contribution in [0.1, 0.15) is 16.7 Å². The molecule has 2 aromatic carbocycles. The zero-order valence-corrected chi connectivity index (χ0v) is 16.0. The van der Waals surface area contributed by atoms with E-state index >= 15 is 0 Å². The van der Waals surface area contributed by atoms with Crippen LogP contribution in [0.3, 0.4) is 0 Å². The van der Waals surface area contributed by atoms with Crippen molar-refractivity contribution in [1.82, 2.24) is 0 Å². The molecule has 0 saturated carbocycles. The molecule has 0 aromatic heterocycles. The van der Waals surface area contributed by atoms with Gasteiger partial charge in [-0.1, -0.05) is 6.07 Å². The van der Waals surface area contributed by atoms with Crippen molar-refractivity contribution < 1.29 is 19.0 Å². The molecular weight excluding hydrogens is 344 g/mol. The fraction of sp³-hybridized carbons (Fsp3) is 0.238. The molecule has 0 aliphatic heterocycles. The van der Waals surface area contributed by atoms with Crippen LogP contribution in [0.2, 0.25) is 0 Å². The minimum atomic E-state index is -0.491. The second kappa shape index (κ2) is 8.77. The minimum Gasteiger partial charge on any atom is -0.493 e. The lowest BCUT2D eigenvalue weighted by Gasteiger charge is -2.13. The molecule has 6 nitrogen and oxygen atoms in total. The number of ether oxygens (including phenoxy) is 3. The number of nitrogens with zero attached hydrogens (tertiary/aromatic N) is 1. The van der Waals surface area contributed by atoms with E-state index in [1.165, 1.54) is 27.4 Å². The van der Waals surface area contributed by atoms with Gasteiger partial charge in [-0.2, -0.15) is 5.26 Å². The van der Waals surface area contributed by atoms with Gasteiger partial charge >= 0.3 is 0 Å². The van der Waals surface area contributed by atoms with E-state index < -0.39 is 5.91 Å². The third-order valence-corrected chi connectivity index (χ3v) is 4.13. The molecule has 2 rings (SSSR count). The summed E-state index contributed by atoms with van der Waals surface area (Å²) in [5.41, 5.74) is 3.36. The number of amides is 1. The molecule has 0 saturated heterocycles. The normalized spacial score (nSPS) is 10.7. The molecule has 0 aliphatic rings. The Labute approximate surface area is 159 Å². The lowest BCUT2D eigenvalue weighted by atomic mass is 10.1. The van der Waals surface area contributed by atoms with E-state index in [2.05, 4.69) is 5.32 Å². The highest BCUT2D eigenvalue weighted by Gasteiger charge is 2.15. The third-order valence-electron chi connectivity index (χ3n) is 4.13. The largest absolute Gasteiger partial charge is 0.493 e. The van der Waals surface area contributed by atoms with Crippen molar-refractivity contribution in [3.63, 3.8) is 0 Å². The topological polar surface area (TPSA) is 80.6 Å². The van der Waals surface area contributed by atoms with Crippen molar-refractivity contribution in [3.8, 4) is 23.3 Å². The number of methoxy groups -OCH3 is 3. The zero-order chi connectivity index (χ0) is 20.0. The predicted molar refractivity (Wildman–Crippen MR) is 104 cm³/mol. The standard InChI is InChI=1S/C21H22N2O4/c1-13-6-7-17(8-14(13)2)23-21(24)16(12-22)9-15-10-18(25-3)20(27-5)19(11-15)26-4/h6-11H,1-5H3,(H,23,24)/b16-9+. The molecule has 6 heteroatoms. The van der Waals surface area contributed by atoms with E-state index in [0.29, 0.717) is 28.5 Å². The number of hydrogen-bond donors (Lipinski definition) is 1. The fourth-order valence-corrected chi connectivity index (χ4v) is 2.52. The number of carbonyl (C=O) groups excluding carboxylic acids is 1. The van der Waals surface area contributed by atoms with Crippen LogP contribution in [-0.2, 0) is 4.79 Å². The van der Waals surface area contributed by atoms with Gasteiger partial charge in [0.2, 0.25) is 5.75 Å². The number of hydrogen-bond acceptors (Lipinski definition) is 5. The summed E-state index contributed by atoms with van der Waals surface area (Å²) in [6.07, 6.45) is 1.47. The van der Waals surface area contributed by atoms with E-state index in [1.807, 2.05) is 32.0 Å². The summed E-state index contributed by atoms with van der Waals surface area (Å²) >= 11 is 0. The number of nitriles is 1. The van der Waals surface area contributed by atoms with Gasteiger partial charge in [0, 0.05) is 5.69 Å². The van der Waals surface area contributed by atoms with Crippen LogP contribution in [0, 0.1) is 25.2 Å². The first kappa shape index (κ1) is 19.9. The predicted octanol–water partition coefficient (Wildman–Crippen LogP) is 3.87. The van der Waals surface area contributed by atoms with E-state index in [1.54, 1.807) is 18.2 Å².